The summed E-state index contributed by atoms with van der Waals surface area (Å²) in [5, 5.41) is 9.37. The summed E-state index contributed by atoms with van der Waals surface area (Å²) in [7, 11) is 0. The first-order chi connectivity index (χ1) is 9.82. The average Bonchev–Trinajstić information content (AvgIpc) is 2.80. The van der Waals surface area contributed by atoms with E-state index in [1.165, 1.54) is 37.3 Å². The van der Waals surface area contributed by atoms with Crippen LogP contribution in [0.15, 0.2) is 48.6 Å². The van der Waals surface area contributed by atoms with Crippen LogP contribution in [-0.4, -0.2) is 21.3 Å². The first-order valence-corrected chi connectivity index (χ1v) is 6.09. The predicted octanol–water partition coefficient (Wildman–Crippen LogP) is 4.35. The van der Waals surface area contributed by atoms with Crippen molar-refractivity contribution in [1.82, 2.24) is 9.97 Å². The molecule has 2 aromatic rings. The Morgan fingerprint density at radius 1 is 1.38 bits per heavy atom. The molecule has 2 rings (SSSR count). The van der Waals surface area contributed by atoms with Gasteiger partial charge in [0, 0.05) is 11.6 Å². The lowest BCUT2D eigenvalue weighted by Crippen LogP contribution is -2.12. The molecule has 0 saturated heterocycles. The van der Waals surface area contributed by atoms with Gasteiger partial charge in [0.15, 0.2) is 0 Å². The van der Waals surface area contributed by atoms with Crippen molar-refractivity contribution < 1.29 is 18.3 Å². The Morgan fingerprint density at radius 2 is 2.10 bits per heavy atom. The van der Waals surface area contributed by atoms with Crippen molar-refractivity contribution in [3.05, 3.63) is 54.4 Å². The maximum Gasteiger partial charge on any atom is 0.416 e. The van der Waals surface area contributed by atoms with Crippen LogP contribution in [-0.2, 0) is 0 Å². The molecule has 0 amide bonds. The number of phenolic OH excluding ortho intramolecular Hbond substituents is 1. The van der Waals surface area contributed by atoms with Gasteiger partial charge in [-0.2, -0.15) is 13.2 Å². The number of phenols is 1. The highest BCUT2D eigenvalue weighted by Crippen LogP contribution is 2.33. The van der Waals surface area contributed by atoms with E-state index in [1.807, 2.05) is 0 Å². The number of aromatic nitrogens is 2. The van der Waals surface area contributed by atoms with E-state index in [2.05, 4.69) is 16.5 Å². The fourth-order valence-corrected chi connectivity index (χ4v) is 1.90. The Balaban J connectivity index is 2.60. The molecule has 0 atom stereocenters. The molecule has 0 aliphatic rings. The summed E-state index contributed by atoms with van der Waals surface area (Å²) >= 11 is 0. The summed E-state index contributed by atoms with van der Waals surface area (Å²) in [4.78, 5) is 6.89. The summed E-state index contributed by atoms with van der Waals surface area (Å²) in [6.07, 6.45) is -1.05. The number of halogens is 3. The zero-order chi connectivity index (χ0) is 15.6. The van der Waals surface area contributed by atoms with Crippen molar-refractivity contribution in [2.45, 2.75) is 13.1 Å². The standard InChI is InChI=1S/C15H13F3N2O/c1-3-4-5-11(15(16,17)18)9(2)14-19-12-7-6-10(21)8-13(12)20-14/h3-8,21H,1H2,2H3,(H,19,20)/b5-4-,11-9-. The van der Waals surface area contributed by atoms with Crippen LogP contribution in [0.5, 0.6) is 5.75 Å². The molecule has 0 fully saturated rings. The van der Waals surface area contributed by atoms with Crippen molar-refractivity contribution in [3.63, 3.8) is 0 Å². The van der Waals surface area contributed by atoms with Gasteiger partial charge in [-0.05, 0) is 25.1 Å². The van der Waals surface area contributed by atoms with Crippen LogP contribution in [0.4, 0.5) is 13.2 Å². The van der Waals surface area contributed by atoms with Crippen LogP contribution >= 0.6 is 0 Å². The van der Waals surface area contributed by atoms with E-state index < -0.39 is 11.7 Å². The summed E-state index contributed by atoms with van der Waals surface area (Å²) < 4.78 is 39.2. The molecule has 0 unspecified atom stereocenters. The van der Waals surface area contributed by atoms with Gasteiger partial charge in [-0.25, -0.2) is 4.98 Å². The third-order valence-corrected chi connectivity index (χ3v) is 2.93. The molecule has 0 spiro atoms. The molecule has 21 heavy (non-hydrogen) atoms. The van der Waals surface area contributed by atoms with Crippen molar-refractivity contribution in [1.29, 1.82) is 0 Å². The first-order valence-electron chi connectivity index (χ1n) is 6.09. The third kappa shape index (κ3) is 3.16. The molecule has 2 N–H and O–H groups in total. The lowest BCUT2D eigenvalue weighted by molar-refractivity contribution is -0.0876. The zero-order valence-corrected chi connectivity index (χ0v) is 11.2. The van der Waals surface area contributed by atoms with Gasteiger partial charge in [-0.15, -0.1) is 0 Å². The number of fused-ring (bicyclic) bond motifs is 1. The Morgan fingerprint density at radius 3 is 2.71 bits per heavy atom. The molecule has 0 aliphatic carbocycles. The van der Waals surface area contributed by atoms with Crippen molar-refractivity contribution in [2.24, 2.45) is 0 Å². The number of benzene rings is 1. The predicted molar refractivity (Wildman–Crippen MR) is 75.7 cm³/mol. The first kappa shape index (κ1) is 14.9. The highest BCUT2D eigenvalue weighted by molar-refractivity contribution is 5.80. The minimum absolute atomic E-state index is 0.0157. The molecule has 6 heteroatoms. The van der Waals surface area contributed by atoms with E-state index in [0.29, 0.717) is 11.0 Å². The molecule has 3 nitrogen and oxygen atoms in total. The van der Waals surface area contributed by atoms with E-state index in [4.69, 9.17) is 0 Å². The van der Waals surface area contributed by atoms with Crippen LogP contribution in [0, 0.1) is 0 Å². The van der Waals surface area contributed by atoms with Gasteiger partial charge >= 0.3 is 6.18 Å². The van der Waals surface area contributed by atoms with Crippen LogP contribution in [0.25, 0.3) is 16.6 Å². The largest absolute Gasteiger partial charge is 0.508 e. The highest BCUT2D eigenvalue weighted by atomic mass is 19.4. The van der Waals surface area contributed by atoms with Crippen LogP contribution in [0.3, 0.4) is 0 Å². The Labute approximate surface area is 119 Å². The minimum Gasteiger partial charge on any atom is -0.508 e. The number of hydrogen-bond donors (Lipinski definition) is 2. The van der Waals surface area contributed by atoms with Crippen LogP contribution in [0.2, 0.25) is 0 Å². The van der Waals surface area contributed by atoms with E-state index in [1.54, 1.807) is 0 Å². The van der Waals surface area contributed by atoms with E-state index in [9.17, 15) is 18.3 Å². The zero-order valence-electron chi connectivity index (χ0n) is 11.2. The Kier molecular flexibility index (Phi) is 3.88. The number of nitrogens with zero attached hydrogens (tertiary/aromatic N) is 1. The minimum atomic E-state index is -4.50. The summed E-state index contributed by atoms with van der Waals surface area (Å²) in [6, 6.07) is 4.37. The van der Waals surface area contributed by atoms with E-state index >= 15 is 0 Å². The summed E-state index contributed by atoms with van der Waals surface area (Å²) in [5.41, 5.74) is 0.122. The number of aromatic hydroxyl groups is 1. The quantitative estimate of drug-likeness (QED) is 0.827. The molecule has 0 aliphatic heterocycles. The second-order valence-corrected chi connectivity index (χ2v) is 4.42. The molecular weight excluding hydrogens is 281 g/mol. The topological polar surface area (TPSA) is 48.9 Å². The van der Waals surface area contributed by atoms with E-state index in [0.717, 1.165) is 6.08 Å². The van der Waals surface area contributed by atoms with Crippen molar-refractivity contribution in [2.75, 3.05) is 0 Å². The molecule has 1 aromatic carbocycles. The van der Waals surface area contributed by atoms with Crippen LogP contribution < -0.4 is 0 Å². The summed E-state index contributed by atoms with van der Waals surface area (Å²) in [5.74, 6) is 0.124. The monoisotopic (exact) mass is 294 g/mol. The van der Waals surface area contributed by atoms with Gasteiger partial charge in [0.1, 0.15) is 11.6 Å². The Hall–Kier alpha value is -2.50. The SMILES string of the molecule is C=C/C=C\C(=C(/C)c1nc2ccc(O)cc2[nH]1)C(F)(F)F. The number of rotatable bonds is 3. The van der Waals surface area contributed by atoms with Gasteiger partial charge in [-0.3, -0.25) is 0 Å². The normalized spacial score (nSPS) is 13.7. The molecule has 1 aromatic heterocycles. The van der Waals surface area contributed by atoms with Gasteiger partial charge in [0.2, 0.25) is 0 Å². The second kappa shape index (κ2) is 5.47. The lowest BCUT2D eigenvalue weighted by Gasteiger charge is -2.10. The number of aromatic amines is 1. The van der Waals surface area contributed by atoms with Gasteiger partial charge < -0.3 is 10.1 Å². The molecule has 1 heterocycles. The van der Waals surface area contributed by atoms with Crippen molar-refractivity contribution in [3.8, 4) is 5.75 Å². The summed E-state index contributed by atoms with van der Waals surface area (Å²) in [6.45, 7) is 4.70. The molecule has 0 radical (unpaired) electrons. The fourth-order valence-electron chi connectivity index (χ4n) is 1.90. The number of hydrogen-bond acceptors (Lipinski definition) is 2. The number of alkyl halides is 3. The maximum atomic E-state index is 13.1. The highest BCUT2D eigenvalue weighted by Gasteiger charge is 2.34. The average molecular weight is 294 g/mol. The molecule has 0 saturated carbocycles. The van der Waals surface area contributed by atoms with E-state index in [-0.39, 0.29) is 17.1 Å². The Bertz CT molecular complexity index is 739. The van der Waals surface area contributed by atoms with Crippen LogP contribution in [0.1, 0.15) is 12.7 Å². The number of nitrogens with one attached hydrogen (secondary N) is 1. The fraction of sp³-hybridized carbons (Fsp3) is 0.133. The number of allylic oxidation sites excluding steroid dienone is 5. The van der Waals surface area contributed by atoms with Gasteiger partial charge in [-0.1, -0.05) is 18.7 Å². The van der Waals surface area contributed by atoms with Gasteiger partial charge in [0.25, 0.3) is 0 Å². The smallest absolute Gasteiger partial charge is 0.416 e. The van der Waals surface area contributed by atoms with Crippen molar-refractivity contribution >= 4 is 16.6 Å². The van der Waals surface area contributed by atoms with Gasteiger partial charge in [0.05, 0.1) is 16.6 Å². The number of H-pyrrole nitrogens is 1. The molecule has 110 valence electrons. The lowest BCUT2D eigenvalue weighted by atomic mass is 10.1. The molecular formula is C15H13F3N2O. The number of imidazole rings is 1. The molecule has 0 bridgehead atoms. The third-order valence-electron chi connectivity index (χ3n) is 2.93. The maximum absolute atomic E-state index is 13.1. The second-order valence-electron chi connectivity index (χ2n) is 4.42.